The second-order valence-corrected chi connectivity index (χ2v) is 9.57. The zero-order valence-corrected chi connectivity index (χ0v) is 18.8. The van der Waals surface area contributed by atoms with Gasteiger partial charge in [-0.3, -0.25) is 4.90 Å². The molecule has 164 valence electrons. The number of aliphatic hydroxyl groups excluding tert-OH is 1. The first-order valence-corrected chi connectivity index (χ1v) is 12.1. The molecule has 2 aromatic rings. The highest BCUT2D eigenvalue weighted by molar-refractivity contribution is 7.10. The Labute approximate surface area is 184 Å². The zero-order chi connectivity index (χ0) is 20.8. The molecule has 6 heteroatoms. The average Bonchev–Trinajstić information content (AvgIpc) is 3.30. The molecule has 2 aliphatic rings. The van der Waals surface area contributed by atoms with E-state index in [0.29, 0.717) is 19.2 Å². The van der Waals surface area contributed by atoms with Crippen molar-refractivity contribution < 1.29 is 9.84 Å². The van der Waals surface area contributed by atoms with Crippen LogP contribution in [0.5, 0.6) is 0 Å². The minimum absolute atomic E-state index is 0.119. The average molecular weight is 430 g/mol. The van der Waals surface area contributed by atoms with Crippen LogP contribution < -0.4 is 5.32 Å². The molecule has 1 aliphatic carbocycles. The van der Waals surface area contributed by atoms with Crippen LogP contribution in [0.3, 0.4) is 0 Å². The van der Waals surface area contributed by atoms with Gasteiger partial charge in [0.25, 0.3) is 0 Å². The molecule has 1 aliphatic heterocycles. The summed E-state index contributed by atoms with van der Waals surface area (Å²) in [5.74, 6) is 0. The molecule has 30 heavy (non-hydrogen) atoms. The normalized spacial score (nSPS) is 22.5. The first-order valence-electron chi connectivity index (χ1n) is 11.2. The lowest BCUT2D eigenvalue weighted by Crippen LogP contribution is -2.48. The van der Waals surface area contributed by atoms with Crippen LogP contribution in [-0.2, 0) is 11.2 Å². The molecule has 3 atom stereocenters. The summed E-state index contributed by atoms with van der Waals surface area (Å²) in [5.41, 5.74) is 2.70. The number of nitrogens with one attached hydrogen (secondary N) is 1. The minimum Gasteiger partial charge on any atom is -0.389 e. The van der Waals surface area contributed by atoms with Crippen LogP contribution in [0, 0.1) is 0 Å². The molecule has 2 N–H and O–H groups in total. The number of nitrogens with zero attached hydrogens (tertiary/aromatic N) is 2. The first-order chi connectivity index (χ1) is 14.7. The van der Waals surface area contributed by atoms with Crippen molar-refractivity contribution in [2.24, 2.45) is 0 Å². The molecule has 0 bridgehead atoms. The Morgan fingerprint density at radius 3 is 2.77 bits per heavy atom. The topological polar surface area (TPSA) is 48.0 Å². The van der Waals surface area contributed by atoms with Gasteiger partial charge >= 0.3 is 0 Å². The van der Waals surface area contributed by atoms with Crippen LogP contribution in [0.4, 0.5) is 0 Å². The van der Waals surface area contributed by atoms with Gasteiger partial charge in [0.2, 0.25) is 0 Å². The van der Waals surface area contributed by atoms with Gasteiger partial charge in [-0.1, -0.05) is 30.3 Å². The van der Waals surface area contributed by atoms with Crippen molar-refractivity contribution in [2.75, 3.05) is 52.9 Å². The Balaban J connectivity index is 1.24. The molecule has 1 aromatic heterocycles. The summed E-state index contributed by atoms with van der Waals surface area (Å²) >= 11 is 1.82. The maximum absolute atomic E-state index is 10.5. The van der Waals surface area contributed by atoms with E-state index in [1.54, 1.807) is 0 Å². The Morgan fingerprint density at radius 2 is 1.97 bits per heavy atom. The number of benzene rings is 1. The molecular formula is C24H35N3O2S. The van der Waals surface area contributed by atoms with Crippen LogP contribution in [-0.4, -0.2) is 73.9 Å². The number of ether oxygens (including phenoxy) is 1. The maximum Gasteiger partial charge on any atom is 0.0897 e. The van der Waals surface area contributed by atoms with E-state index in [-0.39, 0.29) is 6.10 Å². The summed E-state index contributed by atoms with van der Waals surface area (Å²) in [7, 11) is 2.19. The van der Waals surface area contributed by atoms with E-state index in [2.05, 4.69) is 63.9 Å². The van der Waals surface area contributed by atoms with Gasteiger partial charge in [0.1, 0.15) is 0 Å². The molecular weight excluding hydrogens is 394 g/mol. The van der Waals surface area contributed by atoms with Crippen molar-refractivity contribution in [3.8, 4) is 0 Å². The molecule has 1 saturated heterocycles. The van der Waals surface area contributed by atoms with E-state index < -0.39 is 6.10 Å². The largest absolute Gasteiger partial charge is 0.389 e. The van der Waals surface area contributed by atoms with Crippen molar-refractivity contribution in [1.29, 1.82) is 0 Å². The predicted octanol–water partition coefficient (Wildman–Crippen LogP) is 3.08. The Bertz CT molecular complexity index is 762. The third kappa shape index (κ3) is 5.69. The molecule has 4 rings (SSSR count). The Kier molecular flexibility index (Phi) is 7.93. The van der Waals surface area contributed by atoms with Crippen LogP contribution in [0.25, 0.3) is 0 Å². The summed E-state index contributed by atoms with van der Waals surface area (Å²) in [6.07, 6.45) is 2.96. The van der Waals surface area contributed by atoms with E-state index in [4.69, 9.17) is 4.74 Å². The van der Waals surface area contributed by atoms with E-state index in [1.807, 2.05) is 11.3 Å². The number of piperazine rings is 1. The number of hydrogen-bond acceptors (Lipinski definition) is 6. The molecule has 0 spiro atoms. The molecule has 0 unspecified atom stereocenters. The third-order valence-corrected chi connectivity index (χ3v) is 7.35. The van der Waals surface area contributed by atoms with Gasteiger partial charge in [0.05, 0.1) is 24.9 Å². The van der Waals surface area contributed by atoms with Gasteiger partial charge < -0.3 is 20.1 Å². The number of fused-ring (bicyclic) bond motifs is 1. The minimum atomic E-state index is -0.490. The van der Waals surface area contributed by atoms with Crippen LogP contribution in [0.15, 0.2) is 41.8 Å². The summed E-state index contributed by atoms with van der Waals surface area (Å²) in [6, 6.07) is 13.3. The lowest BCUT2D eigenvalue weighted by atomic mass is 9.89. The summed E-state index contributed by atoms with van der Waals surface area (Å²) in [5, 5.41) is 16.2. The quantitative estimate of drug-likeness (QED) is 0.642. The summed E-state index contributed by atoms with van der Waals surface area (Å²) in [4.78, 5) is 6.36. The predicted molar refractivity (Wildman–Crippen MR) is 123 cm³/mol. The highest BCUT2D eigenvalue weighted by Gasteiger charge is 2.25. The lowest BCUT2D eigenvalue weighted by Gasteiger charge is -2.38. The molecule has 0 radical (unpaired) electrons. The van der Waals surface area contributed by atoms with E-state index in [1.165, 1.54) is 16.0 Å². The number of hydrogen-bond donors (Lipinski definition) is 2. The highest BCUT2D eigenvalue weighted by atomic mass is 32.1. The number of aryl methyl sites for hydroxylation is 1. The molecule has 0 amide bonds. The first kappa shape index (κ1) is 21.9. The van der Waals surface area contributed by atoms with Crippen molar-refractivity contribution in [1.82, 2.24) is 15.1 Å². The van der Waals surface area contributed by atoms with E-state index >= 15 is 0 Å². The zero-order valence-electron chi connectivity index (χ0n) is 18.0. The van der Waals surface area contributed by atoms with Gasteiger partial charge in [-0.2, -0.15) is 0 Å². The van der Waals surface area contributed by atoms with Crippen LogP contribution >= 0.6 is 11.3 Å². The second kappa shape index (κ2) is 10.8. The monoisotopic (exact) mass is 429 g/mol. The Morgan fingerprint density at radius 1 is 1.13 bits per heavy atom. The smallest absolute Gasteiger partial charge is 0.0897 e. The number of likely N-dealkylation sites (N-methyl/N-ethyl adjacent to an activating group) is 1. The standard InChI is InChI=1S/C24H35N3O2S/c1-26-11-13-27(14-12-26)22(24-10-5-15-30-24)17-25-16-20(28)18-29-23-9-4-7-19-6-2-3-8-21(19)23/h2-3,5-6,8,10,15,20,22-23,25,28H,4,7,9,11-14,16-18H2,1H3/t20-,22-,23-/m1/s1. The van der Waals surface area contributed by atoms with E-state index in [0.717, 1.165) is 52.0 Å². The van der Waals surface area contributed by atoms with Gasteiger partial charge in [0.15, 0.2) is 0 Å². The second-order valence-electron chi connectivity index (χ2n) is 8.60. The summed E-state index contributed by atoms with van der Waals surface area (Å²) in [6.45, 7) is 6.20. The van der Waals surface area contributed by atoms with E-state index in [9.17, 15) is 5.11 Å². The number of rotatable bonds is 9. The number of thiophene rings is 1. The van der Waals surface area contributed by atoms with Crippen molar-refractivity contribution in [3.05, 3.63) is 57.8 Å². The third-order valence-electron chi connectivity index (χ3n) is 6.37. The highest BCUT2D eigenvalue weighted by Crippen LogP contribution is 2.32. The van der Waals surface area contributed by atoms with Crippen molar-refractivity contribution in [3.63, 3.8) is 0 Å². The number of aliphatic hydroxyl groups is 1. The van der Waals surface area contributed by atoms with Crippen molar-refractivity contribution >= 4 is 11.3 Å². The molecule has 0 saturated carbocycles. The SMILES string of the molecule is CN1CCN([C@H](CNC[C@@H](O)CO[C@@H]2CCCc3ccccc32)c2cccs2)CC1. The molecule has 2 heterocycles. The van der Waals surface area contributed by atoms with Gasteiger partial charge in [0, 0.05) is 44.1 Å². The fourth-order valence-electron chi connectivity index (χ4n) is 4.58. The maximum atomic E-state index is 10.5. The van der Waals surface area contributed by atoms with Crippen LogP contribution in [0.2, 0.25) is 0 Å². The fourth-order valence-corrected chi connectivity index (χ4v) is 5.44. The fraction of sp³-hybridized carbons (Fsp3) is 0.583. The Hall–Kier alpha value is -1.28. The molecule has 1 fully saturated rings. The molecule has 5 nitrogen and oxygen atoms in total. The van der Waals surface area contributed by atoms with Crippen molar-refractivity contribution in [2.45, 2.75) is 37.5 Å². The lowest BCUT2D eigenvalue weighted by molar-refractivity contribution is -0.0172. The van der Waals surface area contributed by atoms with Gasteiger partial charge in [-0.25, -0.2) is 0 Å². The van der Waals surface area contributed by atoms with Gasteiger partial charge in [-0.15, -0.1) is 11.3 Å². The van der Waals surface area contributed by atoms with Gasteiger partial charge in [-0.05, 0) is 48.9 Å². The van der Waals surface area contributed by atoms with Crippen LogP contribution in [0.1, 0.15) is 41.0 Å². The molecule has 1 aromatic carbocycles. The summed E-state index contributed by atoms with van der Waals surface area (Å²) < 4.78 is 6.13.